The third-order valence-electron chi connectivity index (χ3n) is 4.17. The fourth-order valence-corrected chi connectivity index (χ4v) is 3.09. The molecule has 0 radical (unpaired) electrons. The SMILES string of the molecule is Cc1ccc(N2c3ccccc3CCC2C)c(C(=O)O)c1. The summed E-state index contributed by atoms with van der Waals surface area (Å²) in [4.78, 5) is 13.8. The number of aryl methyl sites for hydroxylation is 2. The number of hydrogen-bond acceptors (Lipinski definition) is 2. The van der Waals surface area contributed by atoms with Crippen LogP contribution in [0.15, 0.2) is 42.5 Å². The fraction of sp³-hybridized carbons (Fsp3) is 0.278. The number of fused-ring (bicyclic) bond motifs is 1. The standard InChI is InChI=1S/C18H19NO2/c1-12-7-10-17(15(11-12)18(20)21)19-13(2)8-9-14-5-3-4-6-16(14)19/h3-7,10-11,13H,8-9H2,1-2H3,(H,20,21). The Morgan fingerprint density at radius 3 is 2.71 bits per heavy atom. The molecule has 1 aliphatic rings. The second-order valence-electron chi connectivity index (χ2n) is 5.71. The lowest BCUT2D eigenvalue weighted by molar-refractivity contribution is 0.0697. The molecule has 1 heterocycles. The van der Waals surface area contributed by atoms with E-state index < -0.39 is 5.97 Å². The molecule has 0 aromatic heterocycles. The maximum atomic E-state index is 11.6. The number of anilines is 2. The van der Waals surface area contributed by atoms with E-state index >= 15 is 0 Å². The second-order valence-corrected chi connectivity index (χ2v) is 5.71. The van der Waals surface area contributed by atoms with E-state index in [-0.39, 0.29) is 0 Å². The molecule has 0 aliphatic carbocycles. The van der Waals surface area contributed by atoms with E-state index in [1.165, 1.54) is 5.56 Å². The van der Waals surface area contributed by atoms with Crippen LogP contribution >= 0.6 is 0 Å². The highest BCUT2D eigenvalue weighted by Gasteiger charge is 2.27. The van der Waals surface area contributed by atoms with Crippen molar-refractivity contribution < 1.29 is 9.90 Å². The van der Waals surface area contributed by atoms with Crippen LogP contribution in [0.3, 0.4) is 0 Å². The number of para-hydroxylation sites is 1. The first kappa shape index (κ1) is 13.7. The zero-order valence-electron chi connectivity index (χ0n) is 12.3. The van der Waals surface area contributed by atoms with Gasteiger partial charge in [-0.05, 0) is 50.5 Å². The van der Waals surface area contributed by atoms with Crippen molar-refractivity contribution in [1.82, 2.24) is 0 Å². The minimum Gasteiger partial charge on any atom is -0.478 e. The first-order valence-corrected chi connectivity index (χ1v) is 7.29. The Balaban J connectivity index is 2.18. The van der Waals surface area contributed by atoms with E-state index in [0.717, 1.165) is 29.8 Å². The molecule has 0 saturated carbocycles. The maximum absolute atomic E-state index is 11.6. The lowest BCUT2D eigenvalue weighted by atomic mass is 9.94. The summed E-state index contributed by atoms with van der Waals surface area (Å²) in [5.74, 6) is -0.871. The number of aromatic carboxylic acids is 1. The highest BCUT2D eigenvalue weighted by molar-refractivity contribution is 5.96. The van der Waals surface area contributed by atoms with Gasteiger partial charge in [0.25, 0.3) is 0 Å². The van der Waals surface area contributed by atoms with Gasteiger partial charge >= 0.3 is 5.97 Å². The minimum absolute atomic E-state index is 0.292. The average molecular weight is 281 g/mol. The summed E-state index contributed by atoms with van der Waals surface area (Å²) in [6, 6.07) is 14.2. The van der Waals surface area contributed by atoms with Crippen LogP contribution in [0, 0.1) is 6.92 Å². The van der Waals surface area contributed by atoms with Crippen LogP contribution in [0.5, 0.6) is 0 Å². The number of carbonyl (C=O) groups is 1. The van der Waals surface area contributed by atoms with Crippen LogP contribution < -0.4 is 4.90 Å². The Labute approximate surface area is 124 Å². The van der Waals surface area contributed by atoms with Crippen LogP contribution in [0.2, 0.25) is 0 Å². The van der Waals surface area contributed by atoms with E-state index in [1.807, 2.05) is 31.2 Å². The highest BCUT2D eigenvalue weighted by Crippen LogP contribution is 2.38. The lowest BCUT2D eigenvalue weighted by Gasteiger charge is -2.37. The van der Waals surface area contributed by atoms with E-state index in [2.05, 4.69) is 24.0 Å². The Bertz CT molecular complexity index is 693. The number of carboxylic acids is 1. The topological polar surface area (TPSA) is 40.5 Å². The van der Waals surface area contributed by atoms with Gasteiger partial charge in [-0.15, -0.1) is 0 Å². The summed E-state index contributed by atoms with van der Waals surface area (Å²) in [6.07, 6.45) is 2.08. The van der Waals surface area contributed by atoms with Gasteiger partial charge < -0.3 is 10.0 Å². The zero-order chi connectivity index (χ0) is 15.0. The van der Waals surface area contributed by atoms with Gasteiger partial charge in [0, 0.05) is 11.7 Å². The predicted octanol–water partition coefficient (Wildman–Crippen LogP) is 4.17. The second kappa shape index (κ2) is 5.24. The van der Waals surface area contributed by atoms with Crippen molar-refractivity contribution in [3.63, 3.8) is 0 Å². The Morgan fingerprint density at radius 2 is 1.95 bits per heavy atom. The summed E-state index contributed by atoms with van der Waals surface area (Å²) in [5, 5.41) is 9.53. The monoisotopic (exact) mass is 281 g/mol. The number of rotatable bonds is 2. The van der Waals surface area contributed by atoms with Crippen molar-refractivity contribution in [2.24, 2.45) is 0 Å². The summed E-state index contributed by atoms with van der Waals surface area (Å²) in [6.45, 7) is 4.07. The molecule has 3 rings (SSSR count). The van der Waals surface area contributed by atoms with Crippen molar-refractivity contribution in [3.05, 3.63) is 59.2 Å². The molecule has 0 saturated heterocycles. The number of nitrogens with zero attached hydrogens (tertiary/aromatic N) is 1. The summed E-state index contributed by atoms with van der Waals surface area (Å²) in [7, 11) is 0. The first-order valence-electron chi connectivity index (χ1n) is 7.29. The molecule has 3 heteroatoms. The predicted molar refractivity (Wildman–Crippen MR) is 84.5 cm³/mol. The third kappa shape index (κ3) is 2.40. The van der Waals surface area contributed by atoms with E-state index in [1.54, 1.807) is 6.07 Å². The molecule has 2 aromatic rings. The van der Waals surface area contributed by atoms with Crippen LogP contribution in [-0.2, 0) is 6.42 Å². The van der Waals surface area contributed by atoms with E-state index in [4.69, 9.17) is 0 Å². The van der Waals surface area contributed by atoms with E-state index in [9.17, 15) is 9.90 Å². The minimum atomic E-state index is -0.871. The molecule has 1 unspecified atom stereocenters. The molecule has 1 atom stereocenters. The fourth-order valence-electron chi connectivity index (χ4n) is 3.09. The Morgan fingerprint density at radius 1 is 1.19 bits per heavy atom. The van der Waals surface area contributed by atoms with Gasteiger partial charge in [-0.1, -0.05) is 29.8 Å². The van der Waals surface area contributed by atoms with E-state index in [0.29, 0.717) is 11.6 Å². The van der Waals surface area contributed by atoms with Gasteiger partial charge in [0.1, 0.15) is 0 Å². The molecule has 21 heavy (non-hydrogen) atoms. The maximum Gasteiger partial charge on any atom is 0.337 e. The number of carboxylic acid groups (broad SMARTS) is 1. The highest BCUT2D eigenvalue weighted by atomic mass is 16.4. The molecule has 0 bridgehead atoms. The van der Waals surface area contributed by atoms with Gasteiger partial charge in [0.15, 0.2) is 0 Å². The molecule has 1 N–H and O–H groups in total. The summed E-state index contributed by atoms with van der Waals surface area (Å²) < 4.78 is 0. The molecule has 108 valence electrons. The third-order valence-corrected chi connectivity index (χ3v) is 4.17. The smallest absolute Gasteiger partial charge is 0.337 e. The quantitative estimate of drug-likeness (QED) is 0.898. The molecule has 1 aliphatic heterocycles. The number of benzene rings is 2. The lowest BCUT2D eigenvalue weighted by Crippen LogP contribution is -2.34. The van der Waals surface area contributed by atoms with Crippen molar-refractivity contribution in [2.75, 3.05) is 4.90 Å². The normalized spacial score (nSPS) is 17.4. The molecular formula is C18H19NO2. The van der Waals surface area contributed by atoms with Gasteiger partial charge in [-0.2, -0.15) is 0 Å². The largest absolute Gasteiger partial charge is 0.478 e. The van der Waals surface area contributed by atoms with Gasteiger partial charge in [0.2, 0.25) is 0 Å². The summed E-state index contributed by atoms with van der Waals surface area (Å²) in [5.41, 5.74) is 4.54. The molecule has 0 amide bonds. The van der Waals surface area contributed by atoms with Gasteiger partial charge in [-0.3, -0.25) is 0 Å². The number of hydrogen-bond donors (Lipinski definition) is 1. The Hall–Kier alpha value is -2.29. The Kier molecular flexibility index (Phi) is 3.42. The van der Waals surface area contributed by atoms with Gasteiger partial charge in [0.05, 0.1) is 11.3 Å². The molecule has 0 spiro atoms. The van der Waals surface area contributed by atoms with Crippen molar-refractivity contribution >= 4 is 17.3 Å². The first-order chi connectivity index (χ1) is 10.1. The van der Waals surface area contributed by atoms with Gasteiger partial charge in [-0.25, -0.2) is 4.79 Å². The average Bonchev–Trinajstić information content (AvgIpc) is 2.47. The van der Waals surface area contributed by atoms with Crippen LogP contribution in [-0.4, -0.2) is 17.1 Å². The van der Waals surface area contributed by atoms with Crippen molar-refractivity contribution in [1.29, 1.82) is 0 Å². The molecule has 2 aromatic carbocycles. The summed E-state index contributed by atoms with van der Waals surface area (Å²) >= 11 is 0. The van der Waals surface area contributed by atoms with Crippen LogP contribution in [0.1, 0.15) is 34.8 Å². The molecule has 0 fully saturated rings. The van der Waals surface area contributed by atoms with Crippen molar-refractivity contribution in [2.45, 2.75) is 32.7 Å². The molecular weight excluding hydrogens is 262 g/mol. The van der Waals surface area contributed by atoms with Crippen molar-refractivity contribution in [3.8, 4) is 0 Å². The van der Waals surface area contributed by atoms with Crippen LogP contribution in [0.25, 0.3) is 0 Å². The zero-order valence-corrected chi connectivity index (χ0v) is 12.3. The molecule has 3 nitrogen and oxygen atoms in total. The van der Waals surface area contributed by atoms with Crippen LogP contribution in [0.4, 0.5) is 11.4 Å².